The molecular formula is C20H23NO3. The van der Waals surface area contributed by atoms with Gasteiger partial charge in [-0.15, -0.1) is 0 Å². The van der Waals surface area contributed by atoms with Crippen molar-refractivity contribution >= 4 is 17.4 Å². The highest BCUT2D eigenvalue weighted by Gasteiger charge is 2.16. The minimum atomic E-state index is -0.0946. The number of ether oxygens (including phenoxy) is 1. The summed E-state index contributed by atoms with van der Waals surface area (Å²) in [5, 5.41) is 0. The van der Waals surface area contributed by atoms with Crippen molar-refractivity contribution in [3.63, 3.8) is 0 Å². The number of amides is 1. The topological polar surface area (TPSA) is 46.6 Å². The number of carbonyl (C=O) groups is 2. The molecule has 2 rings (SSSR count). The lowest BCUT2D eigenvalue weighted by molar-refractivity contribution is -0.120. The second-order valence-electron chi connectivity index (χ2n) is 5.61. The van der Waals surface area contributed by atoms with Gasteiger partial charge < -0.3 is 9.64 Å². The molecule has 4 nitrogen and oxygen atoms in total. The molecule has 2 aromatic rings. The van der Waals surface area contributed by atoms with Gasteiger partial charge in [-0.05, 0) is 37.6 Å². The van der Waals surface area contributed by atoms with E-state index in [9.17, 15) is 9.59 Å². The number of benzene rings is 2. The number of hydrogen-bond donors (Lipinski definition) is 0. The first-order valence-electron chi connectivity index (χ1n) is 8.21. The highest BCUT2D eigenvalue weighted by atomic mass is 16.5. The van der Waals surface area contributed by atoms with Crippen molar-refractivity contribution in [1.82, 2.24) is 0 Å². The summed E-state index contributed by atoms with van der Waals surface area (Å²) in [5.41, 5.74) is 1.45. The first-order valence-corrected chi connectivity index (χ1v) is 8.21. The molecule has 0 heterocycles. The van der Waals surface area contributed by atoms with Gasteiger partial charge in [0.15, 0.2) is 12.4 Å². The van der Waals surface area contributed by atoms with Crippen LogP contribution in [-0.2, 0) is 4.79 Å². The standard InChI is InChI=1S/C20H23NO3/c1-3-4-13-21(18-10-6-5-7-11-18)20(23)15-24-19-12-8-9-17(14-19)16(2)22/h5-12,14H,3-4,13,15H2,1-2H3. The van der Waals surface area contributed by atoms with E-state index in [2.05, 4.69) is 6.92 Å². The van der Waals surface area contributed by atoms with E-state index in [0.717, 1.165) is 18.5 Å². The van der Waals surface area contributed by atoms with Crippen LogP contribution in [0, 0.1) is 0 Å². The summed E-state index contributed by atoms with van der Waals surface area (Å²) in [4.78, 5) is 25.7. The molecule has 0 spiro atoms. The lowest BCUT2D eigenvalue weighted by Gasteiger charge is -2.22. The maximum atomic E-state index is 12.6. The van der Waals surface area contributed by atoms with Crippen molar-refractivity contribution < 1.29 is 14.3 Å². The largest absolute Gasteiger partial charge is 0.484 e. The molecular weight excluding hydrogens is 302 g/mol. The lowest BCUT2D eigenvalue weighted by Crippen LogP contribution is -2.35. The van der Waals surface area contributed by atoms with Crippen LogP contribution < -0.4 is 9.64 Å². The Kier molecular flexibility index (Phi) is 6.55. The van der Waals surface area contributed by atoms with E-state index in [-0.39, 0.29) is 18.3 Å². The quantitative estimate of drug-likeness (QED) is 0.686. The Balaban J connectivity index is 2.05. The first-order chi connectivity index (χ1) is 11.6. The molecule has 0 N–H and O–H groups in total. The Morgan fingerprint density at radius 1 is 1.04 bits per heavy atom. The number of unbranched alkanes of at least 4 members (excludes halogenated alkanes) is 1. The molecule has 2 aromatic carbocycles. The molecule has 0 atom stereocenters. The second-order valence-corrected chi connectivity index (χ2v) is 5.61. The summed E-state index contributed by atoms with van der Waals surface area (Å²) >= 11 is 0. The van der Waals surface area contributed by atoms with Gasteiger partial charge in [0.1, 0.15) is 5.75 Å². The lowest BCUT2D eigenvalue weighted by atomic mass is 10.1. The molecule has 4 heteroatoms. The molecule has 0 aliphatic rings. The third-order valence-corrected chi connectivity index (χ3v) is 3.71. The van der Waals surface area contributed by atoms with E-state index in [0.29, 0.717) is 17.9 Å². The van der Waals surface area contributed by atoms with Crippen LogP contribution in [-0.4, -0.2) is 24.8 Å². The minimum Gasteiger partial charge on any atom is -0.484 e. The van der Waals surface area contributed by atoms with Gasteiger partial charge >= 0.3 is 0 Å². The van der Waals surface area contributed by atoms with Crippen LogP contribution >= 0.6 is 0 Å². The number of carbonyl (C=O) groups excluding carboxylic acids is 2. The van der Waals surface area contributed by atoms with E-state index in [1.165, 1.54) is 6.92 Å². The molecule has 126 valence electrons. The SMILES string of the molecule is CCCCN(C(=O)COc1cccc(C(C)=O)c1)c1ccccc1. The molecule has 0 aliphatic heterocycles. The predicted octanol–water partition coefficient (Wildman–Crippen LogP) is 4.10. The number of Topliss-reactive ketones (excluding diaryl/α,β-unsaturated/α-hetero) is 1. The Hall–Kier alpha value is -2.62. The maximum absolute atomic E-state index is 12.6. The van der Waals surface area contributed by atoms with Gasteiger partial charge in [0.2, 0.25) is 0 Å². The molecule has 1 amide bonds. The Morgan fingerprint density at radius 2 is 1.79 bits per heavy atom. The van der Waals surface area contributed by atoms with Gasteiger partial charge in [-0.3, -0.25) is 9.59 Å². The zero-order valence-electron chi connectivity index (χ0n) is 14.2. The minimum absolute atomic E-state index is 0.0272. The summed E-state index contributed by atoms with van der Waals surface area (Å²) in [5.74, 6) is 0.406. The van der Waals surface area contributed by atoms with E-state index in [1.807, 2.05) is 30.3 Å². The van der Waals surface area contributed by atoms with Crippen LogP contribution in [0.1, 0.15) is 37.0 Å². The summed E-state index contributed by atoms with van der Waals surface area (Å²) < 4.78 is 5.60. The molecule has 0 saturated carbocycles. The third-order valence-electron chi connectivity index (χ3n) is 3.71. The number of para-hydroxylation sites is 1. The molecule has 0 radical (unpaired) electrons. The van der Waals surface area contributed by atoms with Gasteiger partial charge in [0, 0.05) is 17.8 Å². The number of nitrogens with zero attached hydrogens (tertiary/aromatic N) is 1. The molecule has 24 heavy (non-hydrogen) atoms. The zero-order valence-corrected chi connectivity index (χ0v) is 14.2. The van der Waals surface area contributed by atoms with E-state index in [4.69, 9.17) is 4.74 Å². The highest BCUT2D eigenvalue weighted by Crippen LogP contribution is 2.17. The van der Waals surface area contributed by atoms with Crippen molar-refractivity contribution in [1.29, 1.82) is 0 Å². The first kappa shape index (κ1) is 17.7. The van der Waals surface area contributed by atoms with Gasteiger partial charge in [-0.2, -0.15) is 0 Å². The zero-order chi connectivity index (χ0) is 17.4. The number of anilines is 1. The van der Waals surface area contributed by atoms with Crippen molar-refractivity contribution in [2.45, 2.75) is 26.7 Å². The highest BCUT2D eigenvalue weighted by molar-refractivity contribution is 5.95. The molecule has 0 saturated heterocycles. The molecule has 0 aromatic heterocycles. The average molecular weight is 325 g/mol. The van der Waals surface area contributed by atoms with Gasteiger partial charge in [-0.25, -0.2) is 0 Å². The predicted molar refractivity (Wildman–Crippen MR) is 95.6 cm³/mol. The van der Waals surface area contributed by atoms with Crippen LogP contribution in [0.3, 0.4) is 0 Å². The van der Waals surface area contributed by atoms with E-state index < -0.39 is 0 Å². The van der Waals surface area contributed by atoms with Gasteiger partial charge in [0.25, 0.3) is 5.91 Å². The maximum Gasteiger partial charge on any atom is 0.264 e. The van der Waals surface area contributed by atoms with Crippen LogP contribution in [0.4, 0.5) is 5.69 Å². The summed E-state index contributed by atoms with van der Waals surface area (Å²) in [6.07, 6.45) is 1.94. The van der Waals surface area contributed by atoms with Gasteiger partial charge in [-0.1, -0.05) is 43.7 Å². The molecule has 0 fully saturated rings. The fraction of sp³-hybridized carbons (Fsp3) is 0.300. The fourth-order valence-electron chi connectivity index (χ4n) is 2.35. The van der Waals surface area contributed by atoms with Crippen molar-refractivity contribution in [3.8, 4) is 5.75 Å². The Bertz CT molecular complexity index is 682. The summed E-state index contributed by atoms with van der Waals surface area (Å²) in [7, 11) is 0. The molecule has 0 bridgehead atoms. The van der Waals surface area contributed by atoms with E-state index >= 15 is 0 Å². The van der Waals surface area contributed by atoms with Crippen LogP contribution in [0.25, 0.3) is 0 Å². The monoisotopic (exact) mass is 325 g/mol. The Labute approximate surface area is 143 Å². The summed E-state index contributed by atoms with van der Waals surface area (Å²) in [6, 6.07) is 16.5. The van der Waals surface area contributed by atoms with Crippen LogP contribution in [0.15, 0.2) is 54.6 Å². The normalized spacial score (nSPS) is 10.2. The van der Waals surface area contributed by atoms with Crippen LogP contribution in [0.5, 0.6) is 5.75 Å². The average Bonchev–Trinajstić information content (AvgIpc) is 2.61. The number of hydrogen-bond acceptors (Lipinski definition) is 3. The van der Waals surface area contributed by atoms with Crippen LogP contribution in [0.2, 0.25) is 0 Å². The summed E-state index contributed by atoms with van der Waals surface area (Å²) in [6.45, 7) is 4.21. The van der Waals surface area contributed by atoms with Crippen molar-refractivity contribution in [2.75, 3.05) is 18.1 Å². The molecule has 0 aliphatic carbocycles. The second kappa shape index (κ2) is 8.87. The Morgan fingerprint density at radius 3 is 2.46 bits per heavy atom. The number of ketones is 1. The fourth-order valence-corrected chi connectivity index (χ4v) is 2.35. The van der Waals surface area contributed by atoms with Gasteiger partial charge in [0.05, 0.1) is 0 Å². The number of rotatable bonds is 8. The van der Waals surface area contributed by atoms with Crippen molar-refractivity contribution in [2.24, 2.45) is 0 Å². The van der Waals surface area contributed by atoms with E-state index in [1.54, 1.807) is 29.2 Å². The molecule has 0 unspecified atom stereocenters. The third kappa shape index (κ3) is 4.95. The smallest absolute Gasteiger partial charge is 0.264 e. The van der Waals surface area contributed by atoms with Crippen molar-refractivity contribution in [3.05, 3.63) is 60.2 Å².